The van der Waals surface area contributed by atoms with E-state index in [9.17, 15) is 4.79 Å². The zero-order chi connectivity index (χ0) is 18.4. The average molecular weight is 369 g/mol. The Morgan fingerprint density at radius 1 is 1.19 bits per heavy atom. The van der Waals surface area contributed by atoms with E-state index >= 15 is 0 Å². The Labute approximate surface area is 155 Å². The Bertz CT molecular complexity index is 865. The van der Waals surface area contributed by atoms with Gasteiger partial charge in [0.1, 0.15) is 17.4 Å². The molecule has 0 spiro atoms. The van der Waals surface area contributed by atoms with Crippen LogP contribution >= 0.6 is 11.8 Å². The van der Waals surface area contributed by atoms with E-state index in [1.54, 1.807) is 25.4 Å². The first kappa shape index (κ1) is 17.9. The topological polar surface area (TPSA) is 81.9 Å². The molecule has 3 aromatic rings. The van der Waals surface area contributed by atoms with E-state index in [4.69, 9.17) is 4.74 Å². The van der Waals surface area contributed by atoms with Gasteiger partial charge in [0, 0.05) is 19.7 Å². The van der Waals surface area contributed by atoms with Crippen molar-refractivity contribution in [2.24, 2.45) is 7.05 Å². The molecule has 0 unspecified atom stereocenters. The van der Waals surface area contributed by atoms with Gasteiger partial charge in [-0.05, 0) is 29.8 Å². The molecule has 0 saturated heterocycles. The summed E-state index contributed by atoms with van der Waals surface area (Å²) in [5.41, 5.74) is 1.12. The Balaban J connectivity index is 1.57. The van der Waals surface area contributed by atoms with Crippen LogP contribution in [0.2, 0.25) is 0 Å². The van der Waals surface area contributed by atoms with Gasteiger partial charge in [0.15, 0.2) is 5.16 Å². The zero-order valence-corrected chi connectivity index (χ0v) is 15.4. The lowest BCUT2D eigenvalue weighted by molar-refractivity contribution is -0.113. The second kappa shape index (κ2) is 8.48. The van der Waals surface area contributed by atoms with Crippen LogP contribution in [-0.4, -0.2) is 38.5 Å². The quantitative estimate of drug-likeness (QED) is 0.645. The van der Waals surface area contributed by atoms with Crippen molar-refractivity contribution >= 4 is 23.5 Å². The van der Waals surface area contributed by atoms with Crippen LogP contribution in [0.3, 0.4) is 0 Å². The molecule has 2 aromatic heterocycles. The number of rotatable bonds is 7. The third-order valence-electron chi connectivity index (χ3n) is 3.71. The molecule has 2 heterocycles. The van der Waals surface area contributed by atoms with Crippen LogP contribution in [-0.2, 0) is 18.3 Å². The lowest BCUT2D eigenvalue weighted by Crippen LogP contribution is -2.15. The second-order valence-electron chi connectivity index (χ2n) is 5.53. The molecule has 0 aliphatic rings. The smallest absolute Gasteiger partial charge is 0.236 e. The van der Waals surface area contributed by atoms with Gasteiger partial charge in [0.05, 0.1) is 12.9 Å². The summed E-state index contributed by atoms with van der Waals surface area (Å²) in [4.78, 5) is 16.1. The summed E-state index contributed by atoms with van der Waals surface area (Å²) in [6.45, 7) is 0. The molecule has 1 N–H and O–H groups in total. The fourth-order valence-electron chi connectivity index (χ4n) is 2.30. The number of nitrogens with zero attached hydrogens (tertiary/aromatic N) is 4. The Kier molecular flexibility index (Phi) is 5.85. The van der Waals surface area contributed by atoms with E-state index < -0.39 is 0 Å². The predicted octanol–water partition coefficient (Wildman–Crippen LogP) is 2.54. The monoisotopic (exact) mass is 369 g/mol. The SMILES string of the molecule is COc1ccc(Cc2nnc(SCC(=O)Nc3ccccn3)n2C)cc1. The van der Waals surface area contributed by atoms with Crippen molar-refractivity contribution in [2.45, 2.75) is 11.6 Å². The third-order valence-corrected chi connectivity index (χ3v) is 4.73. The number of hydrogen-bond acceptors (Lipinski definition) is 6. The Morgan fingerprint density at radius 2 is 2.00 bits per heavy atom. The van der Waals surface area contributed by atoms with E-state index in [2.05, 4.69) is 20.5 Å². The third kappa shape index (κ3) is 4.60. The number of anilines is 1. The maximum Gasteiger partial charge on any atom is 0.236 e. The second-order valence-corrected chi connectivity index (χ2v) is 6.48. The number of thioether (sulfide) groups is 1. The highest BCUT2D eigenvalue weighted by Gasteiger charge is 2.12. The van der Waals surface area contributed by atoms with Gasteiger partial charge < -0.3 is 14.6 Å². The molecule has 0 aliphatic carbocycles. The van der Waals surface area contributed by atoms with Crippen LogP contribution in [0.4, 0.5) is 5.82 Å². The van der Waals surface area contributed by atoms with Crippen LogP contribution in [0, 0.1) is 0 Å². The van der Waals surface area contributed by atoms with Crippen LogP contribution in [0.25, 0.3) is 0 Å². The normalized spacial score (nSPS) is 10.5. The molecular weight excluding hydrogens is 350 g/mol. The first-order valence-corrected chi connectivity index (χ1v) is 8.99. The highest BCUT2D eigenvalue weighted by molar-refractivity contribution is 7.99. The minimum absolute atomic E-state index is 0.131. The molecular formula is C18H19N5O2S. The number of benzene rings is 1. The lowest BCUT2D eigenvalue weighted by Gasteiger charge is -2.06. The number of carbonyl (C=O) groups is 1. The van der Waals surface area contributed by atoms with Crippen molar-refractivity contribution in [3.8, 4) is 5.75 Å². The molecule has 3 rings (SSSR count). The van der Waals surface area contributed by atoms with Gasteiger partial charge in [-0.1, -0.05) is 30.0 Å². The number of carbonyl (C=O) groups excluding carboxylic acids is 1. The van der Waals surface area contributed by atoms with E-state index in [1.807, 2.05) is 41.9 Å². The molecule has 1 aromatic carbocycles. The van der Waals surface area contributed by atoms with Crippen molar-refractivity contribution in [1.82, 2.24) is 19.7 Å². The van der Waals surface area contributed by atoms with Crippen LogP contribution in [0.1, 0.15) is 11.4 Å². The van der Waals surface area contributed by atoms with E-state index in [0.29, 0.717) is 17.4 Å². The minimum Gasteiger partial charge on any atom is -0.497 e. The fourth-order valence-corrected chi connectivity index (χ4v) is 3.03. The van der Waals surface area contributed by atoms with E-state index in [1.165, 1.54) is 11.8 Å². The number of aromatic nitrogens is 4. The molecule has 0 bridgehead atoms. The standard InChI is InChI=1S/C18H19N5O2S/c1-23-16(11-13-6-8-14(25-2)9-7-13)21-22-18(23)26-12-17(24)20-15-5-3-4-10-19-15/h3-10H,11-12H2,1-2H3,(H,19,20,24). The molecule has 26 heavy (non-hydrogen) atoms. The van der Waals surface area contributed by atoms with Gasteiger partial charge in [-0.2, -0.15) is 0 Å². The molecule has 0 saturated carbocycles. The molecule has 0 radical (unpaired) electrons. The molecule has 134 valence electrons. The largest absolute Gasteiger partial charge is 0.497 e. The van der Waals surface area contributed by atoms with Gasteiger partial charge in [0.25, 0.3) is 0 Å². The molecule has 1 amide bonds. The molecule has 0 aliphatic heterocycles. The minimum atomic E-state index is -0.131. The number of amides is 1. The average Bonchev–Trinajstić information content (AvgIpc) is 3.01. The van der Waals surface area contributed by atoms with E-state index in [-0.39, 0.29) is 11.7 Å². The van der Waals surface area contributed by atoms with Crippen molar-refractivity contribution in [2.75, 3.05) is 18.2 Å². The summed E-state index contributed by atoms with van der Waals surface area (Å²) in [6, 6.07) is 13.2. The first-order chi connectivity index (χ1) is 12.7. The molecule has 8 heteroatoms. The zero-order valence-electron chi connectivity index (χ0n) is 14.5. The highest BCUT2D eigenvalue weighted by Crippen LogP contribution is 2.19. The van der Waals surface area contributed by atoms with Crippen molar-refractivity contribution in [1.29, 1.82) is 0 Å². The summed E-state index contributed by atoms with van der Waals surface area (Å²) in [5.74, 6) is 2.31. The number of methoxy groups -OCH3 is 1. The lowest BCUT2D eigenvalue weighted by atomic mass is 10.1. The number of nitrogens with one attached hydrogen (secondary N) is 1. The first-order valence-electron chi connectivity index (χ1n) is 8.00. The maximum absolute atomic E-state index is 12.0. The summed E-state index contributed by atoms with van der Waals surface area (Å²) >= 11 is 1.34. The Morgan fingerprint density at radius 3 is 2.69 bits per heavy atom. The summed E-state index contributed by atoms with van der Waals surface area (Å²) < 4.78 is 7.07. The van der Waals surface area contributed by atoms with Crippen molar-refractivity contribution in [3.05, 3.63) is 60.0 Å². The van der Waals surface area contributed by atoms with Gasteiger partial charge >= 0.3 is 0 Å². The molecule has 0 fully saturated rings. The number of ether oxygens (including phenoxy) is 1. The van der Waals surface area contributed by atoms with Crippen LogP contribution in [0.5, 0.6) is 5.75 Å². The summed E-state index contributed by atoms with van der Waals surface area (Å²) in [7, 11) is 3.54. The molecule has 7 nitrogen and oxygen atoms in total. The summed E-state index contributed by atoms with van der Waals surface area (Å²) in [6.07, 6.45) is 2.30. The number of hydrogen-bond donors (Lipinski definition) is 1. The number of pyridine rings is 1. The van der Waals surface area contributed by atoms with Crippen molar-refractivity contribution < 1.29 is 9.53 Å². The van der Waals surface area contributed by atoms with Gasteiger partial charge in [0.2, 0.25) is 5.91 Å². The van der Waals surface area contributed by atoms with Crippen LogP contribution < -0.4 is 10.1 Å². The highest BCUT2D eigenvalue weighted by atomic mass is 32.2. The van der Waals surface area contributed by atoms with Crippen LogP contribution in [0.15, 0.2) is 53.8 Å². The maximum atomic E-state index is 12.0. The fraction of sp³-hybridized carbons (Fsp3) is 0.222. The summed E-state index contributed by atoms with van der Waals surface area (Å²) in [5, 5.41) is 11.9. The van der Waals surface area contributed by atoms with E-state index in [0.717, 1.165) is 17.1 Å². The Hall–Kier alpha value is -2.87. The molecule has 0 atom stereocenters. The van der Waals surface area contributed by atoms with Gasteiger partial charge in [-0.25, -0.2) is 4.98 Å². The van der Waals surface area contributed by atoms with Gasteiger partial charge in [-0.3, -0.25) is 4.79 Å². The van der Waals surface area contributed by atoms with Crippen molar-refractivity contribution in [3.63, 3.8) is 0 Å². The predicted molar refractivity (Wildman–Crippen MR) is 100 cm³/mol. The van der Waals surface area contributed by atoms with Gasteiger partial charge in [-0.15, -0.1) is 10.2 Å².